The predicted octanol–water partition coefficient (Wildman–Crippen LogP) is 3.67. The number of rotatable bonds is 7. The van der Waals surface area contributed by atoms with Gasteiger partial charge in [-0.2, -0.15) is 0 Å². The highest BCUT2D eigenvalue weighted by Gasteiger charge is 2.16. The van der Waals surface area contributed by atoms with Gasteiger partial charge in [0.1, 0.15) is 11.6 Å². The summed E-state index contributed by atoms with van der Waals surface area (Å²) in [6, 6.07) is 19.8. The molecule has 0 aliphatic rings. The number of hydrogen-bond donors (Lipinski definition) is 3. The molecule has 0 saturated heterocycles. The van der Waals surface area contributed by atoms with Crippen LogP contribution < -0.4 is 16.0 Å². The van der Waals surface area contributed by atoms with Crippen LogP contribution in [-0.4, -0.2) is 18.5 Å². The van der Waals surface area contributed by atoms with Crippen molar-refractivity contribution >= 4 is 11.9 Å². The van der Waals surface area contributed by atoms with Gasteiger partial charge < -0.3 is 5.32 Å². The average Bonchev–Trinajstić information content (AvgIpc) is 2.75. The highest BCUT2D eigenvalue weighted by Crippen LogP contribution is 2.22. The molecule has 0 unspecified atom stereocenters. The number of carbonyl (C=O) groups excluding carboxylic acids is 2. The van der Waals surface area contributed by atoms with Gasteiger partial charge in [-0.3, -0.25) is 15.4 Å². The van der Waals surface area contributed by atoms with Crippen LogP contribution in [0.5, 0.6) is 0 Å². The summed E-state index contributed by atoms with van der Waals surface area (Å²) in [6.07, 6.45) is 0. The summed E-state index contributed by atoms with van der Waals surface area (Å²) in [5, 5.41) is 7.90. The number of urea groups is 1. The smallest absolute Gasteiger partial charge is 0.321 e. The Morgan fingerprint density at radius 1 is 0.767 bits per heavy atom. The molecule has 154 valence electrons. The largest absolute Gasteiger partial charge is 0.334 e. The van der Waals surface area contributed by atoms with Crippen molar-refractivity contribution in [2.45, 2.75) is 12.6 Å². The van der Waals surface area contributed by atoms with E-state index in [-0.39, 0.29) is 18.2 Å². The maximum absolute atomic E-state index is 13.3. The zero-order chi connectivity index (χ0) is 21.3. The topological polar surface area (TPSA) is 70.2 Å². The molecule has 0 saturated carbocycles. The molecule has 0 spiro atoms. The lowest BCUT2D eigenvalue weighted by atomic mass is 9.98. The summed E-state index contributed by atoms with van der Waals surface area (Å²) in [5.41, 5.74) is 2.31. The van der Waals surface area contributed by atoms with Crippen molar-refractivity contribution in [2.24, 2.45) is 0 Å². The first kappa shape index (κ1) is 21.1. The molecule has 3 aromatic carbocycles. The van der Waals surface area contributed by atoms with Gasteiger partial charge in [-0.1, -0.05) is 54.6 Å². The maximum atomic E-state index is 13.3. The highest BCUT2D eigenvalue weighted by atomic mass is 19.1. The lowest BCUT2D eigenvalue weighted by Crippen LogP contribution is -2.43. The first-order valence-electron chi connectivity index (χ1n) is 9.37. The third-order valence-electron chi connectivity index (χ3n) is 4.42. The Bertz CT molecular complexity index is 932. The molecule has 30 heavy (non-hydrogen) atoms. The minimum Gasteiger partial charge on any atom is -0.334 e. The number of nitrogens with one attached hydrogen (secondary N) is 3. The van der Waals surface area contributed by atoms with E-state index in [0.717, 1.165) is 5.56 Å². The van der Waals surface area contributed by atoms with E-state index in [4.69, 9.17) is 0 Å². The maximum Gasteiger partial charge on any atom is 0.321 e. The van der Waals surface area contributed by atoms with Gasteiger partial charge in [-0.05, 0) is 41.0 Å². The van der Waals surface area contributed by atoms with Gasteiger partial charge >= 0.3 is 6.03 Å². The fourth-order valence-electron chi connectivity index (χ4n) is 2.93. The monoisotopic (exact) mass is 409 g/mol. The van der Waals surface area contributed by atoms with Gasteiger partial charge in [0.15, 0.2) is 0 Å². The molecule has 7 heteroatoms. The SMILES string of the molecule is O=C(CNC(c1ccc(F)cc1)c1ccc(F)cc1)NC(=O)NCc1ccccc1. The van der Waals surface area contributed by atoms with Crippen molar-refractivity contribution in [3.63, 3.8) is 0 Å². The molecule has 0 atom stereocenters. The third kappa shape index (κ3) is 6.22. The standard InChI is InChI=1S/C23H21F2N3O2/c24-19-10-6-17(7-11-19)22(18-8-12-20(25)13-9-18)26-15-21(29)28-23(30)27-14-16-4-2-1-3-5-16/h1-13,22,26H,14-15H2,(H2,27,28,29,30). The summed E-state index contributed by atoms with van der Waals surface area (Å²) in [4.78, 5) is 24.1. The molecule has 3 rings (SSSR count). The summed E-state index contributed by atoms with van der Waals surface area (Å²) >= 11 is 0. The molecule has 3 N–H and O–H groups in total. The zero-order valence-corrected chi connectivity index (χ0v) is 16.1. The normalized spacial score (nSPS) is 10.6. The number of amides is 3. The van der Waals surface area contributed by atoms with Crippen molar-refractivity contribution < 1.29 is 18.4 Å². The number of halogens is 2. The van der Waals surface area contributed by atoms with Crippen molar-refractivity contribution in [1.82, 2.24) is 16.0 Å². The van der Waals surface area contributed by atoms with E-state index >= 15 is 0 Å². The lowest BCUT2D eigenvalue weighted by Gasteiger charge is -2.20. The fourth-order valence-corrected chi connectivity index (χ4v) is 2.93. The minimum atomic E-state index is -0.606. The second-order valence-corrected chi connectivity index (χ2v) is 6.63. The Kier molecular flexibility index (Phi) is 7.24. The van der Waals surface area contributed by atoms with Gasteiger partial charge in [0.05, 0.1) is 12.6 Å². The van der Waals surface area contributed by atoms with Gasteiger partial charge in [0.2, 0.25) is 5.91 Å². The Hall–Kier alpha value is -3.58. The molecule has 0 aromatic heterocycles. The zero-order valence-electron chi connectivity index (χ0n) is 16.1. The fraction of sp³-hybridized carbons (Fsp3) is 0.130. The molecular weight excluding hydrogens is 388 g/mol. The lowest BCUT2D eigenvalue weighted by molar-refractivity contribution is -0.119. The molecule has 0 radical (unpaired) electrons. The molecule has 0 bridgehead atoms. The van der Waals surface area contributed by atoms with Crippen LogP contribution in [0.2, 0.25) is 0 Å². The van der Waals surface area contributed by atoms with Gasteiger partial charge in [-0.25, -0.2) is 13.6 Å². The summed E-state index contributed by atoms with van der Waals surface area (Å²) < 4.78 is 26.6. The molecule has 5 nitrogen and oxygen atoms in total. The molecule has 0 aliphatic carbocycles. The highest BCUT2D eigenvalue weighted by molar-refractivity contribution is 5.95. The summed E-state index contributed by atoms with van der Waals surface area (Å²) in [6.45, 7) is 0.124. The quantitative estimate of drug-likeness (QED) is 0.558. The minimum absolute atomic E-state index is 0.168. The Morgan fingerprint density at radius 2 is 1.30 bits per heavy atom. The second kappa shape index (κ2) is 10.3. The van der Waals surface area contributed by atoms with E-state index in [9.17, 15) is 18.4 Å². The number of benzene rings is 3. The first-order valence-corrected chi connectivity index (χ1v) is 9.37. The van der Waals surface area contributed by atoms with Crippen LogP contribution >= 0.6 is 0 Å². The van der Waals surface area contributed by atoms with E-state index in [0.29, 0.717) is 17.7 Å². The van der Waals surface area contributed by atoms with Crippen LogP contribution in [0.4, 0.5) is 13.6 Å². The van der Waals surface area contributed by atoms with Gasteiger partial charge in [0, 0.05) is 6.54 Å². The molecule has 3 aromatic rings. The number of imide groups is 1. The number of hydrogen-bond acceptors (Lipinski definition) is 3. The third-order valence-corrected chi connectivity index (χ3v) is 4.42. The molecular formula is C23H21F2N3O2. The van der Waals surface area contributed by atoms with E-state index in [2.05, 4.69) is 16.0 Å². The molecule has 0 fully saturated rings. The number of carbonyl (C=O) groups is 2. The van der Waals surface area contributed by atoms with Crippen molar-refractivity contribution in [3.05, 3.63) is 107 Å². The van der Waals surface area contributed by atoms with E-state index in [1.54, 1.807) is 24.3 Å². The summed E-state index contributed by atoms with van der Waals surface area (Å²) in [5.74, 6) is -1.30. The van der Waals surface area contributed by atoms with E-state index < -0.39 is 18.0 Å². The second-order valence-electron chi connectivity index (χ2n) is 6.63. The molecule has 0 heterocycles. The predicted molar refractivity (Wildman–Crippen MR) is 109 cm³/mol. The Balaban J connectivity index is 1.59. The van der Waals surface area contributed by atoms with Crippen LogP contribution in [0.3, 0.4) is 0 Å². The van der Waals surface area contributed by atoms with Crippen LogP contribution in [0.25, 0.3) is 0 Å². The van der Waals surface area contributed by atoms with E-state index in [1.807, 2.05) is 30.3 Å². The molecule has 3 amide bonds. The first-order chi connectivity index (χ1) is 14.5. The van der Waals surface area contributed by atoms with Gasteiger partial charge in [-0.15, -0.1) is 0 Å². The summed E-state index contributed by atoms with van der Waals surface area (Å²) in [7, 11) is 0. The van der Waals surface area contributed by atoms with Crippen LogP contribution in [0.15, 0.2) is 78.9 Å². The van der Waals surface area contributed by atoms with Crippen molar-refractivity contribution in [2.75, 3.05) is 6.54 Å². The Morgan fingerprint density at radius 3 is 1.83 bits per heavy atom. The average molecular weight is 409 g/mol. The van der Waals surface area contributed by atoms with Crippen molar-refractivity contribution in [3.8, 4) is 0 Å². The van der Waals surface area contributed by atoms with Crippen LogP contribution in [0.1, 0.15) is 22.7 Å². The molecule has 0 aliphatic heterocycles. The van der Waals surface area contributed by atoms with Crippen molar-refractivity contribution in [1.29, 1.82) is 0 Å². The van der Waals surface area contributed by atoms with Gasteiger partial charge in [0.25, 0.3) is 0 Å². The van der Waals surface area contributed by atoms with Crippen LogP contribution in [-0.2, 0) is 11.3 Å². The Labute approximate surface area is 173 Å². The van der Waals surface area contributed by atoms with Crippen LogP contribution in [0, 0.1) is 11.6 Å². The van der Waals surface area contributed by atoms with E-state index in [1.165, 1.54) is 24.3 Å².